The lowest BCUT2D eigenvalue weighted by Gasteiger charge is -2.16. The lowest BCUT2D eigenvalue weighted by atomic mass is 10.0. The molecule has 27 heavy (non-hydrogen) atoms. The molecule has 0 aliphatic carbocycles. The van der Waals surface area contributed by atoms with Crippen molar-refractivity contribution in [2.24, 2.45) is 0 Å². The molecule has 0 amide bonds. The molecule has 1 fully saturated rings. The van der Waals surface area contributed by atoms with Crippen molar-refractivity contribution >= 4 is 22.6 Å². The van der Waals surface area contributed by atoms with Crippen molar-refractivity contribution in [3.8, 4) is 5.75 Å². The number of benzene rings is 2. The van der Waals surface area contributed by atoms with Crippen LogP contribution in [0.25, 0.3) is 11.0 Å². The highest BCUT2D eigenvalue weighted by atomic mass is 19.2. The third-order valence-electron chi connectivity index (χ3n) is 4.59. The summed E-state index contributed by atoms with van der Waals surface area (Å²) in [7, 11) is 0. The molecule has 5 nitrogen and oxygen atoms in total. The van der Waals surface area contributed by atoms with E-state index in [0.29, 0.717) is 16.9 Å². The molecule has 0 radical (unpaired) electrons. The Hall–Kier alpha value is -3.16. The number of hydrogen-bond acceptors (Lipinski definition) is 5. The Labute approximate surface area is 152 Å². The fourth-order valence-corrected chi connectivity index (χ4v) is 3.18. The third-order valence-corrected chi connectivity index (χ3v) is 4.59. The van der Waals surface area contributed by atoms with Crippen LogP contribution < -0.4 is 4.90 Å². The second-order valence-electron chi connectivity index (χ2n) is 6.34. The zero-order valence-electron chi connectivity index (χ0n) is 14.0. The fourth-order valence-electron chi connectivity index (χ4n) is 3.18. The van der Waals surface area contributed by atoms with E-state index in [1.807, 2.05) is 0 Å². The van der Waals surface area contributed by atoms with Gasteiger partial charge in [0.15, 0.2) is 29.0 Å². The Bertz CT molecular complexity index is 1040. The summed E-state index contributed by atoms with van der Waals surface area (Å²) in [5, 5.41) is 9.37. The van der Waals surface area contributed by atoms with Gasteiger partial charge in [-0.2, -0.15) is 0 Å². The summed E-state index contributed by atoms with van der Waals surface area (Å²) in [6.45, 7) is 1.72. The number of hydrogen-bond donors (Lipinski definition) is 1. The maximum atomic E-state index is 14.0. The number of halogens is 3. The number of anilines is 1. The SMILES string of the molecule is O=C(c1ccc2ncc(N3CCCC3)nc2c1)c1c(F)c(O)cc(F)c1F. The molecule has 1 aliphatic heterocycles. The molecule has 0 bridgehead atoms. The summed E-state index contributed by atoms with van der Waals surface area (Å²) in [5.74, 6) is -6.22. The average molecular weight is 373 g/mol. The first-order valence-corrected chi connectivity index (χ1v) is 8.38. The van der Waals surface area contributed by atoms with Crippen LogP contribution in [0.3, 0.4) is 0 Å². The van der Waals surface area contributed by atoms with Crippen molar-refractivity contribution < 1.29 is 23.1 Å². The van der Waals surface area contributed by atoms with E-state index in [9.17, 15) is 23.1 Å². The number of nitrogens with zero attached hydrogens (tertiary/aromatic N) is 3. The lowest BCUT2D eigenvalue weighted by molar-refractivity contribution is 0.102. The van der Waals surface area contributed by atoms with Gasteiger partial charge in [-0.3, -0.25) is 9.78 Å². The van der Waals surface area contributed by atoms with Gasteiger partial charge in [0.25, 0.3) is 0 Å². The monoisotopic (exact) mass is 373 g/mol. The van der Waals surface area contributed by atoms with E-state index < -0.39 is 34.5 Å². The quantitative estimate of drug-likeness (QED) is 0.562. The third kappa shape index (κ3) is 2.97. The van der Waals surface area contributed by atoms with E-state index >= 15 is 0 Å². The number of aromatic hydroxyl groups is 1. The minimum Gasteiger partial charge on any atom is -0.505 e. The molecule has 1 aliphatic rings. The summed E-state index contributed by atoms with van der Waals surface area (Å²) in [6, 6.07) is 4.47. The molecule has 0 saturated carbocycles. The summed E-state index contributed by atoms with van der Waals surface area (Å²) in [4.78, 5) is 23.4. The van der Waals surface area contributed by atoms with Crippen molar-refractivity contribution in [1.29, 1.82) is 0 Å². The Balaban J connectivity index is 1.79. The highest BCUT2D eigenvalue weighted by Crippen LogP contribution is 2.28. The van der Waals surface area contributed by atoms with E-state index in [1.165, 1.54) is 18.2 Å². The van der Waals surface area contributed by atoms with E-state index in [1.54, 1.807) is 6.20 Å². The minimum atomic E-state index is -1.65. The normalized spacial score (nSPS) is 14.1. The van der Waals surface area contributed by atoms with E-state index in [0.717, 1.165) is 25.9 Å². The molecule has 138 valence electrons. The van der Waals surface area contributed by atoms with Crippen LogP contribution in [0, 0.1) is 17.5 Å². The zero-order valence-corrected chi connectivity index (χ0v) is 14.0. The number of aromatic nitrogens is 2. The summed E-state index contributed by atoms with van der Waals surface area (Å²) in [5.41, 5.74) is -0.335. The van der Waals surface area contributed by atoms with E-state index in [2.05, 4.69) is 14.9 Å². The molecule has 3 aromatic rings. The highest BCUT2D eigenvalue weighted by molar-refractivity contribution is 6.10. The lowest BCUT2D eigenvalue weighted by Crippen LogP contribution is -2.19. The first kappa shape index (κ1) is 17.3. The molecule has 0 atom stereocenters. The Morgan fingerprint density at radius 2 is 1.78 bits per heavy atom. The maximum Gasteiger partial charge on any atom is 0.199 e. The number of phenols is 1. The molecule has 1 aromatic heterocycles. The molecule has 1 N–H and O–H groups in total. The molecular weight excluding hydrogens is 359 g/mol. The molecule has 8 heteroatoms. The van der Waals surface area contributed by atoms with Crippen LogP contribution in [-0.2, 0) is 0 Å². The zero-order chi connectivity index (χ0) is 19.1. The second-order valence-corrected chi connectivity index (χ2v) is 6.34. The van der Waals surface area contributed by atoms with Gasteiger partial charge in [0.2, 0.25) is 0 Å². The maximum absolute atomic E-state index is 14.0. The van der Waals surface area contributed by atoms with Crippen LogP contribution in [-0.4, -0.2) is 33.9 Å². The number of fused-ring (bicyclic) bond motifs is 1. The minimum absolute atomic E-state index is 0.0850. The van der Waals surface area contributed by atoms with E-state index in [-0.39, 0.29) is 11.6 Å². The van der Waals surface area contributed by atoms with Crippen LogP contribution in [0.1, 0.15) is 28.8 Å². The number of carbonyl (C=O) groups is 1. The molecular formula is C19H14F3N3O2. The van der Waals surface area contributed by atoms with E-state index in [4.69, 9.17) is 0 Å². The topological polar surface area (TPSA) is 66.3 Å². The molecule has 0 spiro atoms. The molecule has 2 heterocycles. The van der Waals surface area contributed by atoms with Gasteiger partial charge in [0.05, 0.1) is 17.2 Å². The van der Waals surface area contributed by atoms with Gasteiger partial charge in [-0.15, -0.1) is 0 Å². The first-order valence-electron chi connectivity index (χ1n) is 8.38. The molecule has 1 saturated heterocycles. The molecule has 0 unspecified atom stereocenters. The largest absolute Gasteiger partial charge is 0.505 e. The van der Waals surface area contributed by atoms with Crippen LogP contribution in [0.5, 0.6) is 5.75 Å². The number of phenolic OH excluding ortho intramolecular Hbond substituents is 1. The van der Waals surface area contributed by atoms with Gasteiger partial charge in [-0.1, -0.05) is 0 Å². The molecule has 4 rings (SSSR count). The van der Waals surface area contributed by atoms with Crippen LogP contribution in [0.2, 0.25) is 0 Å². The Morgan fingerprint density at radius 3 is 2.52 bits per heavy atom. The summed E-state index contributed by atoms with van der Waals surface area (Å²) < 4.78 is 41.5. The summed E-state index contributed by atoms with van der Waals surface area (Å²) >= 11 is 0. The predicted octanol–water partition coefficient (Wildman–Crippen LogP) is 3.58. The predicted molar refractivity (Wildman–Crippen MR) is 92.4 cm³/mol. The number of ketones is 1. The fraction of sp³-hybridized carbons (Fsp3) is 0.211. The van der Waals surface area contributed by atoms with Crippen molar-refractivity contribution in [1.82, 2.24) is 9.97 Å². The highest BCUT2D eigenvalue weighted by Gasteiger charge is 2.26. The van der Waals surface area contributed by atoms with Gasteiger partial charge < -0.3 is 10.0 Å². The van der Waals surface area contributed by atoms with Crippen molar-refractivity contribution in [3.63, 3.8) is 0 Å². The smallest absolute Gasteiger partial charge is 0.199 e. The first-order chi connectivity index (χ1) is 13.0. The Morgan fingerprint density at radius 1 is 1.04 bits per heavy atom. The second kappa shape index (κ2) is 6.53. The van der Waals surface area contributed by atoms with Crippen LogP contribution in [0.15, 0.2) is 30.5 Å². The number of carbonyl (C=O) groups excluding carboxylic acids is 1. The summed E-state index contributed by atoms with van der Waals surface area (Å²) in [6.07, 6.45) is 3.75. The van der Waals surface area contributed by atoms with Gasteiger partial charge in [0.1, 0.15) is 11.4 Å². The van der Waals surface area contributed by atoms with Gasteiger partial charge in [0, 0.05) is 24.7 Å². The van der Waals surface area contributed by atoms with Crippen LogP contribution >= 0.6 is 0 Å². The van der Waals surface area contributed by atoms with Crippen molar-refractivity contribution in [2.45, 2.75) is 12.8 Å². The molecule has 2 aromatic carbocycles. The Kier molecular flexibility index (Phi) is 4.18. The van der Waals surface area contributed by atoms with Gasteiger partial charge in [-0.05, 0) is 31.0 Å². The van der Waals surface area contributed by atoms with Gasteiger partial charge >= 0.3 is 0 Å². The standard InChI is InChI=1S/C19H14F3N3O2/c20-11-8-14(26)18(22)16(17(11)21)19(27)10-3-4-12-13(7-10)24-15(9-23-12)25-5-1-2-6-25/h3-4,7-9,26H,1-2,5-6H2. The number of rotatable bonds is 3. The van der Waals surface area contributed by atoms with Crippen molar-refractivity contribution in [2.75, 3.05) is 18.0 Å². The van der Waals surface area contributed by atoms with Crippen molar-refractivity contribution in [3.05, 3.63) is 59.0 Å². The average Bonchev–Trinajstić information content (AvgIpc) is 3.20. The van der Waals surface area contributed by atoms with Gasteiger partial charge in [-0.25, -0.2) is 18.2 Å². The van der Waals surface area contributed by atoms with Crippen LogP contribution in [0.4, 0.5) is 19.0 Å².